The predicted molar refractivity (Wildman–Crippen MR) is 78.3 cm³/mol. The number of benzene rings is 1. The fourth-order valence-corrected chi connectivity index (χ4v) is 2.27. The number of H-pyrrole nitrogens is 1. The van der Waals surface area contributed by atoms with Crippen molar-refractivity contribution in [3.8, 4) is 0 Å². The number of hydrogen-bond acceptors (Lipinski definition) is 4. The van der Waals surface area contributed by atoms with Crippen molar-refractivity contribution in [2.75, 3.05) is 0 Å². The molecular formula is C15H16N4O2. The zero-order valence-corrected chi connectivity index (χ0v) is 11.4. The molecule has 0 radical (unpaired) electrons. The molecule has 6 heteroatoms. The summed E-state index contributed by atoms with van der Waals surface area (Å²) in [5, 5.41) is 7.41. The zero-order chi connectivity index (χ0) is 14.7. The number of nitrogens with one attached hydrogen (secondary N) is 2. The number of fused-ring (bicyclic) bond motifs is 1. The number of amides is 1. The maximum Gasteiger partial charge on any atom is 0.237 e. The van der Waals surface area contributed by atoms with Crippen LogP contribution >= 0.6 is 0 Å². The summed E-state index contributed by atoms with van der Waals surface area (Å²) in [5.74, 6) is 0.388. The number of para-hydroxylation sites is 1. The molecule has 0 aliphatic heterocycles. The molecule has 0 bridgehead atoms. The monoisotopic (exact) mass is 284 g/mol. The second-order valence-electron chi connectivity index (χ2n) is 4.87. The van der Waals surface area contributed by atoms with E-state index in [4.69, 9.17) is 10.3 Å². The molecule has 2 heterocycles. The van der Waals surface area contributed by atoms with Crippen LogP contribution in [0.4, 0.5) is 0 Å². The van der Waals surface area contributed by atoms with Gasteiger partial charge in [0.15, 0.2) is 5.76 Å². The van der Waals surface area contributed by atoms with Gasteiger partial charge in [0.2, 0.25) is 5.91 Å². The Balaban J connectivity index is 1.62. The highest BCUT2D eigenvalue weighted by Gasteiger charge is 2.16. The summed E-state index contributed by atoms with van der Waals surface area (Å²) in [6.07, 6.45) is 3.91. The first kappa shape index (κ1) is 13.4. The Morgan fingerprint density at radius 3 is 3.05 bits per heavy atom. The summed E-state index contributed by atoms with van der Waals surface area (Å²) in [6.45, 7) is 0.292. The molecule has 21 heavy (non-hydrogen) atoms. The molecule has 0 unspecified atom stereocenters. The minimum absolute atomic E-state index is 0.211. The number of rotatable bonds is 5. The Kier molecular flexibility index (Phi) is 3.70. The fraction of sp³-hybridized carbons (Fsp3) is 0.200. The Morgan fingerprint density at radius 2 is 2.24 bits per heavy atom. The molecule has 0 aliphatic carbocycles. The summed E-state index contributed by atoms with van der Waals surface area (Å²) in [4.78, 5) is 15.2. The highest BCUT2D eigenvalue weighted by atomic mass is 16.5. The SMILES string of the molecule is N[C@@H](Cc1c[nH]c2ccccc12)C(=O)NCc1ccno1. The number of carbonyl (C=O) groups is 1. The van der Waals surface area contributed by atoms with E-state index in [1.807, 2.05) is 30.5 Å². The van der Waals surface area contributed by atoms with Gasteiger partial charge < -0.3 is 20.6 Å². The Bertz CT molecular complexity index is 733. The molecule has 2 aromatic heterocycles. The van der Waals surface area contributed by atoms with Gasteiger partial charge in [-0.1, -0.05) is 23.4 Å². The third kappa shape index (κ3) is 2.95. The van der Waals surface area contributed by atoms with Crippen LogP contribution in [-0.2, 0) is 17.8 Å². The normalized spacial score (nSPS) is 12.4. The largest absolute Gasteiger partial charge is 0.361 e. The van der Waals surface area contributed by atoms with Gasteiger partial charge in [-0.25, -0.2) is 0 Å². The zero-order valence-electron chi connectivity index (χ0n) is 11.4. The van der Waals surface area contributed by atoms with Crippen LogP contribution in [0.5, 0.6) is 0 Å². The number of carbonyl (C=O) groups excluding carboxylic acids is 1. The van der Waals surface area contributed by atoms with E-state index in [9.17, 15) is 4.79 Å². The lowest BCUT2D eigenvalue weighted by Gasteiger charge is -2.10. The topological polar surface area (TPSA) is 96.9 Å². The van der Waals surface area contributed by atoms with Crippen molar-refractivity contribution in [3.63, 3.8) is 0 Å². The van der Waals surface area contributed by atoms with Gasteiger partial charge in [0, 0.05) is 23.2 Å². The summed E-state index contributed by atoms with van der Waals surface area (Å²) in [6, 6.07) is 9.04. The number of nitrogens with two attached hydrogens (primary N) is 1. The van der Waals surface area contributed by atoms with Crippen molar-refractivity contribution in [1.29, 1.82) is 0 Å². The third-order valence-electron chi connectivity index (χ3n) is 3.38. The van der Waals surface area contributed by atoms with Crippen molar-refractivity contribution in [2.24, 2.45) is 5.73 Å². The van der Waals surface area contributed by atoms with E-state index in [0.29, 0.717) is 18.7 Å². The van der Waals surface area contributed by atoms with E-state index >= 15 is 0 Å². The van der Waals surface area contributed by atoms with Crippen LogP contribution in [-0.4, -0.2) is 22.1 Å². The van der Waals surface area contributed by atoms with Gasteiger partial charge in [0.25, 0.3) is 0 Å². The van der Waals surface area contributed by atoms with E-state index in [1.54, 1.807) is 6.07 Å². The van der Waals surface area contributed by atoms with Crippen molar-refractivity contribution in [2.45, 2.75) is 19.0 Å². The minimum atomic E-state index is -0.605. The number of aromatic nitrogens is 2. The summed E-state index contributed by atoms with van der Waals surface area (Å²) in [7, 11) is 0. The summed E-state index contributed by atoms with van der Waals surface area (Å²) >= 11 is 0. The standard InChI is InChI=1S/C15H16N4O2/c16-13(15(20)18-9-11-5-6-19-21-11)7-10-8-17-14-4-2-1-3-12(10)14/h1-6,8,13,17H,7,9,16H2,(H,18,20)/t13-/m0/s1. The van der Waals surface area contributed by atoms with Crippen molar-refractivity contribution in [1.82, 2.24) is 15.5 Å². The van der Waals surface area contributed by atoms with Gasteiger partial charge in [-0.3, -0.25) is 4.79 Å². The number of nitrogens with zero attached hydrogens (tertiary/aromatic N) is 1. The number of hydrogen-bond donors (Lipinski definition) is 3. The molecule has 3 aromatic rings. The lowest BCUT2D eigenvalue weighted by atomic mass is 10.1. The maximum absolute atomic E-state index is 12.0. The molecule has 0 spiro atoms. The molecule has 0 saturated carbocycles. The molecule has 1 atom stereocenters. The summed E-state index contributed by atoms with van der Waals surface area (Å²) in [5.41, 5.74) is 8.05. The van der Waals surface area contributed by atoms with Crippen molar-refractivity contribution >= 4 is 16.8 Å². The first-order valence-corrected chi connectivity index (χ1v) is 6.72. The maximum atomic E-state index is 12.0. The summed E-state index contributed by atoms with van der Waals surface area (Å²) < 4.78 is 4.92. The fourth-order valence-electron chi connectivity index (χ4n) is 2.27. The molecule has 0 aliphatic rings. The molecule has 3 rings (SSSR count). The van der Waals surface area contributed by atoms with Crippen molar-refractivity contribution < 1.29 is 9.32 Å². The lowest BCUT2D eigenvalue weighted by molar-refractivity contribution is -0.122. The van der Waals surface area contributed by atoms with E-state index < -0.39 is 6.04 Å². The molecule has 108 valence electrons. The lowest BCUT2D eigenvalue weighted by Crippen LogP contribution is -2.41. The average molecular weight is 284 g/mol. The molecule has 1 amide bonds. The minimum Gasteiger partial charge on any atom is -0.361 e. The second kappa shape index (κ2) is 5.80. The van der Waals surface area contributed by atoms with E-state index in [2.05, 4.69) is 15.5 Å². The Hall–Kier alpha value is -2.60. The molecule has 0 fully saturated rings. The first-order chi connectivity index (χ1) is 10.2. The van der Waals surface area contributed by atoms with Gasteiger partial charge in [0.05, 0.1) is 18.8 Å². The number of aromatic amines is 1. The second-order valence-corrected chi connectivity index (χ2v) is 4.87. The van der Waals surface area contributed by atoms with Crippen LogP contribution in [0.15, 0.2) is 47.2 Å². The molecule has 4 N–H and O–H groups in total. The molecular weight excluding hydrogens is 268 g/mol. The van der Waals surface area contributed by atoms with Crippen LogP contribution in [0, 0.1) is 0 Å². The third-order valence-corrected chi connectivity index (χ3v) is 3.38. The van der Waals surface area contributed by atoms with E-state index in [0.717, 1.165) is 16.5 Å². The van der Waals surface area contributed by atoms with Gasteiger partial charge in [-0.15, -0.1) is 0 Å². The quantitative estimate of drug-likeness (QED) is 0.658. The van der Waals surface area contributed by atoms with Gasteiger partial charge in [-0.2, -0.15) is 0 Å². The molecule has 6 nitrogen and oxygen atoms in total. The van der Waals surface area contributed by atoms with E-state index in [1.165, 1.54) is 6.20 Å². The molecule has 1 aromatic carbocycles. The predicted octanol–water partition coefficient (Wildman–Crippen LogP) is 1.34. The van der Waals surface area contributed by atoms with Crippen LogP contribution in [0.2, 0.25) is 0 Å². The average Bonchev–Trinajstić information content (AvgIpc) is 3.15. The van der Waals surface area contributed by atoms with Gasteiger partial charge in [-0.05, 0) is 18.1 Å². The van der Waals surface area contributed by atoms with Gasteiger partial charge >= 0.3 is 0 Å². The van der Waals surface area contributed by atoms with Crippen molar-refractivity contribution in [3.05, 3.63) is 54.0 Å². The van der Waals surface area contributed by atoms with Crippen LogP contribution < -0.4 is 11.1 Å². The molecule has 0 saturated heterocycles. The first-order valence-electron chi connectivity index (χ1n) is 6.72. The van der Waals surface area contributed by atoms with Crippen LogP contribution in [0.25, 0.3) is 10.9 Å². The highest BCUT2D eigenvalue weighted by Crippen LogP contribution is 2.18. The van der Waals surface area contributed by atoms with Crippen LogP contribution in [0.3, 0.4) is 0 Å². The van der Waals surface area contributed by atoms with Crippen LogP contribution in [0.1, 0.15) is 11.3 Å². The smallest absolute Gasteiger partial charge is 0.237 e. The van der Waals surface area contributed by atoms with E-state index in [-0.39, 0.29) is 5.91 Å². The van der Waals surface area contributed by atoms with Gasteiger partial charge in [0.1, 0.15) is 0 Å². The Morgan fingerprint density at radius 1 is 1.38 bits per heavy atom. The Labute approximate surface area is 121 Å². The highest BCUT2D eigenvalue weighted by molar-refractivity contribution is 5.86.